The Bertz CT molecular complexity index is 857. The zero-order chi connectivity index (χ0) is 20.8. The number of fused-ring (bicyclic) bond motifs is 1. The minimum Gasteiger partial charge on any atom is -0.497 e. The highest BCUT2D eigenvalue weighted by molar-refractivity contribution is 6.47. The van der Waals surface area contributed by atoms with Gasteiger partial charge in [0.25, 0.3) is 0 Å². The van der Waals surface area contributed by atoms with E-state index in [0.29, 0.717) is 11.5 Å². The van der Waals surface area contributed by atoms with Crippen LogP contribution in [0.25, 0.3) is 0 Å². The zero-order valence-corrected chi connectivity index (χ0v) is 16.2. The molecule has 4 rings (SSSR count). The molecule has 0 spiro atoms. The van der Waals surface area contributed by atoms with Crippen LogP contribution >= 0.6 is 0 Å². The summed E-state index contributed by atoms with van der Waals surface area (Å²) >= 11 is 0. The van der Waals surface area contributed by atoms with E-state index in [1.807, 2.05) is 31.2 Å². The summed E-state index contributed by atoms with van der Waals surface area (Å²) in [4.78, 5) is 14.9. The molecule has 3 aliphatic rings. The molecule has 10 heteroatoms. The number of benzene rings is 1. The molecule has 29 heavy (non-hydrogen) atoms. The number of amidine groups is 1. The fourth-order valence-electron chi connectivity index (χ4n) is 3.90. The number of hydrogen-bond acceptors (Lipinski definition) is 10. The lowest BCUT2D eigenvalue weighted by molar-refractivity contribution is -0.0688. The molecule has 3 heterocycles. The third-order valence-corrected chi connectivity index (χ3v) is 5.80. The van der Waals surface area contributed by atoms with E-state index >= 15 is 0 Å². The van der Waals surface area contributed by atoms with Crippen molar-refractivity contribution in [1.82, 2.24) is 4.90 Å². The topological polar surface area (TPSA) is 145 Å². The molecule has 5 N–H and O–H groups in total. The second-order valence-electron chi connectivity index (χ2n) is 7.36. The van der Waals surface area contributed by atoms with Gasteiger partial charge in [-0.25, -0.2) is 9.98 Å². The predicted molar refractivity (Wildman–Crippen MR) is 106 cm³/mol. The van der Waals surface area contributed by atoms with Crippen molar-refractivity contribution >= 4 is 17.9 Å². The Hall–Kier alpha value is -2.37. The van der Waals surface area contributed by atoms with Crippen LogP contribution in [0.4, 0.5) is 0 Å². The van der Waals surface area contributed by atoms with Crippen LogP contribution in [0.3, 0.4) is 0 Å². The molecule has 156 valence electrons. The minimum atomic E-state index is -1.21. The van der Waals surface area contributed by atoms with Gasteiger partial charge in [-0.15, -0.1) is 0 Å². The molecular formula is C19H25N5O5. The van der Waals surface area contributed by atoms with E-state index in [1.165, 1.54) is 6.34 Å². The van der Waals surface area contributed by atoms with Gasteiger partial charge in [-0.05, 0) is 17.7 Å². The van der Waals surface area contributed by atoms with Crippen LogP contribution in [0.15, 0.2) is 39.2 Å². The van der Waals surface area contributed by atoms with Crippen molar-refractivity contribution in [2.75, 3.05) is 20.4 Å². The Morgan fingerprint density at radius 2 is 2.03 bits per heavy atom. The van der Waals surface area contributed by atoms with Gasteiger partial charge in [0.1, 0.15) is 42.8 Å². The van der Waals surface area contributed by atoms with Crippen LogP contribution in [0.5, 0.6) is 5.75 Å². The maximum Gasteiger partial charge on any atom is 0.162 e. The van der Waals surface area contributed by atoms with Crippen molar-refractivity contribution in [2.45, 2.75) is 43.0 Å². The normalized spacial score (nSPS) is 34.6. The molecule has 1 saturated heterocycles. The first kappa shape index (κ1) is 19.9. The number of aliphatic hydroxyl groups excluding tert-OH is 3. The second kappa shape index (κ2) is 7.47. The number of aliphatic imine (C=N–C) groups is 3. The molecule has 10 nitrogen and oxygen atoms in total. The predicted octanol–water partition coefficient (Wildman–Crippen LogP) is -0.953. The summed E-state index contributed by atoms with van der Waals surface area (Å²) in [5, 5.41) is 29.8. The van der Waals surface area contributed by atoms with Gasteiger partial charge in [-0.1, -0.05) is 19.1 Å². The van der Waals surface area contributed by atoms with E-state index in [0.717, 1.165) is 11.3 Å². The first-order valence-corrected chi connectivity index (χ1v) is 9.39. The molecule has 1 aromatic rings. The summed E-state index contributed by atoms with van der Waals surface area (Å²) in [6.07, 6.45) is -2.80. The highest BCUT2D eigenvalue weighted by atomic mass is 16.6. The summed E-state index contributed by atoms with van der Waals surface area (Å²) in [5.74, 6) is 0.965. The maximum atomic E-state index is 10.4. The van der Waals surface area contributed by atoms with Crippen molar-refractivity contribution in [3.05, 3.63) is 29.8 Å². The molecule has 0 aromatic heterocycles. The Morgan fingerprint density at radius 3 is 2.66 bits per heavy atom. The quantitative estimate of drug-likeness (QED) is 0.496. The van der Waals surface area contributed by atoms with Gasteiger partial charge in [0, 0.05) is 5.92 Å². The highest BCUT2D eigenvalue weighted by Crippen LogP contribution is 2.35. The molecule has 2 unspecified atom stereocenters. The largest absolute Gasteiger partial charge is 0.497 e. The van der Waals surface area contributed by atoms with Crippen LogP contribution < -0.4 is 10.5 Å². The number of nitrogens with two attached hydrogens (primary N) is 1. The molecule has 0 bridgehead atoms. The number of nitrogens with zero attached hydrogens (tertiary/aromatic N) is 4. The van der Waals surface area contributed by atoms with E-state index < -0.39 is 36.8 Å². The third kappa shape index (κ3) is 3.13. The van der Waals surface area contributed by atoms with Crippen LogP contribution in [0, 0.1) is 0 Å². The van der Waals surface area contributed by atoms with Gasteiger partial charge >= 0.3 is 0 Å². The Kier molecular flexibility index (Phi) is 5.13. The van der Waals surface area contributed by atoms with Gasteiger partial charge in [0.2, 0.25) is 0 Å². The number of rotatable bonds is 5. The van der Waals surface area contributed by atoms with Crippen LogP contribution in [0.2, 0.25) is 0 Å². The second-order valence-corrected chi connectivity index (χ2v) is 7.36. The fourth-order valence-corrected chi connectivity index (χ4v) is 3.90. The molecular weight excluding hydrogens is 378 g/mol. The van der Waals surface area contributed by atoms with Crippen molar-refractivity contribution < 1.29 is 24.8 Å². The first-order valence-electron chi connectivity index (χ1n) is 9.39. The van der Waals surface area contributed by atoms with Crippen molar-refractivity contribution in [3.63, 3.8) is 0 Å². The van der Waals surface area contributed by atoms with Crippen LogP contribution in [-0.4, -0.2) is 88.7 Å². The van der Waals surface area contributed by atoms with Gasteiger partial charge in [-0.3, -0.25) is 4.99 Å². The lowest BCUT2D eigenvalue weighted by Crippen LogP contribution is -2.57. The van der Waals surface area contributed by atoms with Gasteiger partial charge in [-0.2, -0.15) is 0 Å². The molecule has 6 atom stereocenters. The van der Waals surface area contributed by atoms with E-state index in [4.69, 9.17) is 15.2 Å². The average molecular weight is 403 g/mol. The SMILES string of the molecule is COc1ccc(C(C)C2(N)N=CN=C3C2=NCN3[C@@H]2O[C@H](CO)[C@@H](O)[C@H]2O)cc1. The molecule has 3 aliphatic heterocycles. The Balaban J connectivity index is 1.59. The highest BCUT2D eigenvalue weighted by Gasteiger charge is 2.51. The monoisotopic (exact) mass is 403 g/mol. The minimum absolute atomic E-state index is 0.151. The summed E-state index contributed by atoms with van der Waals surface area (Å²) in [6.45, 7) is 1.71. The summed E-state index contributed by atoms with van der Waals surface area (Å²) < 4.78 is 10.8. The van der Waals surface area contributed by atoms with E-state index in [9.17, 15) is 15.3 Å². The smallest absolute Gasteiger partial charge is 0.162 e. The number of ether oxygens (including phenoxy) is 2. The number of aliphatic hydroxyl groups is 3. The zero-order valence-electron chi connectivity index (χ0n) is 16.2. The third-order valence-electron chi connectivity index (χ3n) is 5.80. The fraction of sp³-hybridized carbons (Fsp3) is 0.526. The summed E-state index contributed by atoms with van der Waals surface area (Å²) in [7, 11) is 1.61. The maximum absolute atomic E-state index is 10.4. The van der Waals surface area contributed by atoms with Gasteiger partial charge < -0.3 is 35.4 Å². The van der Waals surface area contributed by atoms with Crippen LogP contribution in [0.1, 0.15) is 18.4 Å². The molecule has 1 fully saturated rings. The van der Waals surface area contributed by atoms with Crippen LogP contribution in [-0.2, 0) is 4.74 Å². The summed E-state index contributed by atoms with van der Waals surface area (Å²) in [5.41, 5.74) is 7.00. The molecule has 0 aliphatic carbocycles. The van der Waals surface area contributed by atoms with Gasteiger partial charge in [0.05, 0.1) is 13.7 Å². The standard InChI is InChI=1S/C19H25N5O5/c1-10(11-3-5-12(28-2)6-4-11)19(20)16-17(21-8-23-19)24(9-22-16)18-15(27)14(26)13(7-25)29-18/h3-6,8,10,13-15,18,25-27H,7,9,20H2,1-2H3/t10?,13-,14-,15-,18-,19?/m1/s1. The molecule has 0 saturated carbocycles. The van der Waals surface area contributed by atoms with Crippen molar-refractivity contribution in [1.29, 1.82) is 0 Å². The molecule has 1 aromatic carbocycles. The number of hydrogen-bond donors (Lipinski definition) is 4. The summed E-state index contributed by atoms with van der Waals surface area (Å²) in [6, 6.07) is 7.58. The van der Waals surface area contributed by atoms with E-state index in [-0.39, 0.29) is 12.6 Å². The van der Waals surface area contributed by atoms with Gasteiger partial charge in [0.15, 0.2) is 17.7 Å². The first-order chi connectivity index (χ1) is 13.9. The molecule has 0 radical (unpaired) electrons. The molecule has 0 amide bonds. The number of methoxy groups -OCH3 is 1. The Morgan fingerprint density at radius 1 is 1.31 bits per heavy atom. The Labute approximate surface area is 168 Å². The van der Waals surface area contributed by atoms with E-state index in [2.05, 4.69) is 15.0 Å². The average Bonchev–Trinajstić information content (AvgIpc) is 3.30. The van der Waals surface area contributed by atoms with Crippen molar-refractivity contribution in [2.24, 2.45) is 20.7 Å². The lowest BCUT2D eigenvalue weighted by Gasteiger charge is -2.36. The van der Waals surface area contributed by atoms with Crippen molar-refractivity contribution in [3.8, 4) is 5.75 Å². The lowest BCUT2D eigenvalue weighted by atomic mass is 9.84. The van der Waals surface area contributed by atoms with E-state index in [1.54, 1.807) is 12.0 Å².